The van der Waals surface area contributed by atoms with Gasteiger partial charge in [0, 0.05) is 29.3 Å². The molecule has 2 unspecified atom stereocenters. The normalized spacial score (nSPS) is 22.9. The maximum absolute atomic E-state index is 11.3. The van der Waals surface area contributed by atoms with Crippen molar-refractivity contribution in [3.63, 3.8) is 0 Å². The van der Waals surface area contributed by atoms with E-state index < -0.39 is 5.97 Å². The van der Waals surface area contributed by atoms with Crippen LogP contribution in [-0.4, -0.2) is 39.6 Å². The maximum atomic E-state index is 11.3. The van der Waals surface area contributed by atoms with Gasteiger partial charge in [0.25, 0.3) is 0 Å². The molecule has 5 heteroatoms. The zero-order valence-electron chi connectivity index (χ0n) is 12.3. The van der Waals surface area contributed by atoms with E-state index in [0.29, 0.717) is 16.1 Å². The first-order valence-corrected chi connectivity index (χ1v) is 8.08. The van der Waals surface area contributed by atoms with Gasteiger partial charge in [-0.25, -0.2) is 9.78 Å². The number of aromatic carboxylic acids is 1. The van der Waals surface area contributed by atoms with Crippen LogP contribution in [0, 0.1) is 0 Å². The highest BCUT2D eigenvalue weighted by Crippen LogP contribution is 2.28. The molecule has 110 valence electrons. The molecule has 2 heterocycles. The Morgan fingerprint density at radius 3 is 2.60 bits per heavy atom. The van der Waals surface area contributed by atoms with Crippen molar-refractivity contribution in [2.24, 2.45) is 0 Å². The standard InChI is InChI=1S/C15H22N2O2S/c1-4-5-13-6-12(15(18)19)7-14(16-13)17-8-10(2)20-11(3)9-17/h6-7,10-11H,4-5,8-9H2,1-3H3,(H,18,19). The molecule has 0 spiro atoms. The van der Waals surface area contributed by atoms with E-state index in [-0.39, 0.29) is 0 Å². The molecule has 1 N–H and O–H groups in total. The Labute approximate surface area is 124 Å². The Hall–Kier alpha value is -1.23. The largest absolute Gasteiger partial charge is 0.478 e. The molecule has 0 aromatic carbocycles. The first kappa shape index (κ1) is 15.2. The van der Waals surface area contributed by atoms with Crippen molar-refractivity contribution in [2.75, 3.05) is 18.0 Å². The molecule has 0 aliphatic carbocycles. The van der Waals surface area contributed by atoms with E-state index in [1.54, 1.807) is 12.1 Å². The van der Waals surface area contributed by atoms with Gasteiger partial charge < -0.3 is 10.0 Å². The van der Waals surface area contributed by atoms with Crippen molar-refractivity contribution >= 4 is 23.5 Å². The number of carbonyl (C=O) groups is 1. The molecular formula is C15H22N2O2S. The second-order valence-corrected chi connectivity index (χ2v) is 7.30. The van der Waals surface area contributed by atoms with Gasteiger partial charge in [-0.05, 0) is 18.6 Å². The first-order chi connectivity index (χ1) is 9.49. The quantitative estimate of drug-likeness (QED) is 0.925. The van der Waals surface area contributed by atoms with Gasteiger partial charge in [0.05, 0.1) is 5.56 Å². The van der Waals surface area contributed by atoms with Crippen molar-refractivity contribution in [3.05, 3.63) is 23.4 Å². The lowest BCUT2D eigenvalue weighted by Gasteiger charge is -2.35. The van der Waals surface area contributed by atoms with Crippen molar-refractivity contribution < 1.29 is 9.90 Å². The third kappa shape index (κ3) is 3.66. The zero-order chi connectivity index (χ0) is 14.7. The van der Waals surface area contributed by atoms with Crippen LogP contribution in [0.5, 0.6) is 0 Å². The molecule has 20 heavy (non-hydrogen) atoms. The number of aromatic nitrogens is 1. The summed E-state index contributed by atoms with van der Waals surface area (Å²) >= 11 is 1.98. The summed E-state index contributed by atoms with van der Waals surface area (Å²) in [5, 5.41) is 10.3. The Bertz CT molecular complexity index is 483. The third-order valence-electron chi connectivity index (χ3n) is 3.36. The molecule has 2 rings (SSSR count). The Morgan fingerprint density at radius 1 is 1.40 bits per heavy atom. The molecule has 1 fully saturated rings. The topological polar surface area (TPSA) is 53.4 Å². The fourth-order valence-corrected chi connectivity index (χ4v) is 3.93. The van der Waals surface area contributed by atoms with Crippen molar-refractivity contribution in [1.82, 2.24) is 4.98 Å². The first-order valence-electron chi connectivity index (χ1n) is 7.14. The van der Waals surface area contributed by atoms with E-state index in [1.807, 2.05) is 11.8 Å². The van der Waals surface area contributed by atoms with Crippen LogP contribution in [0.3, 0.4) is 0 Å². The monoisotopic (exact) mass is 294 g/mol. The number of aryl methyl sites for hydroxylation is 1. The van der Waals surface area contributed by atoms with Crippen LogP contribution in [0.2, 0.25) is 0 Å². The van der Waals surface area contributed by atoms with Crippen LogP contribution in [0.15, 0.2) is 12.1 Å². The number of anilines is 1. The minimum absolute atomic E-state index is 0.344. The van der Waals surface area contributed by atoms with E-state index in [0.717, 1.165) is 37.4 Å². The van der Waals surface area contributed by atoms with Gasteiger partial charge in [-0.3, -0.25) is 0 Å². The molecule has 0 saturated carbocycles. The van der Waals surface area contributed by atoms with Crippen molar-refractivity contribution in [3.8, 4) is 0 Å². The molecule has 1 aliphatic heterocycles. The third-order valence-corrected chi connectivity index (χ3v) is 4.59. The summed E-state index contributed by atoms with van der Waals surface area (Å²) in [5.74, 6) is -0.0640. The molecule has 0 amide bonds. The van der Waals surface area contributed by atoms with Crippen LogP contribution in [0.4, 0.5) is 5.82 Å². The lowest BCUT2D eigenvalue weighted by Crippen LogP contribution is -2.41. The van der Waals surface area contributed by atoms with E-state index in [4.69, 9.17) is 0 Å². The number of carboxylic acid groups (broad SMARTS) is 1. The lowest BCUT2D eigenvalue weighted by atomic mass is 10.1. The van der Waals surface area contributed by atoms with Gasteiger partial charge in [-0.15, -0.1) is 0 Å². The minimum Gasteiger partial charge on any atom is -0.478 e. The van der Waals surface area contributed by atoms with E-state index in [2.05, 4.69) is 30.7 Å². The number of rotatable bonds is 4. The average molecular weight is 294 g/mol. The van der Waals surface area contributed by atoms with Gasteiger partial charge >= 0.3 is 5.97 Å². The van der Waals surface area contributed by atoms with Crippen molar-refractivity contribution in [2.45, 2.75) is 44.1 Å². The van der Waals surface area contributed by atoms with Gasteiger partial charge in [-0.2, -0.15) is 11.8 Å². The van der Waals surface area contributed by atoms with Gasteiger partial charge in [0.1, 0.15) is 5.82 Å². The zero-order valence-corrected chi connectivity index (χ0v) is 13.1. The number of carboxylic acids is 1. The second-order valence-electron chi connectivity index (χ2n) is 5.42. The molecule has 0 radical (unpaired) electrons. The molecule has 2 atom stereocenters. The number of thioether (sulfide) groups is 1. The smallest absolute Gasteiger partial charge is 0.335 e. The molecule has 1 aromatic rings. The molecule has 1 aliphatic rings. The summed E-state index contributed by atoms with van der Waals surface area (Å²) in [6.07, 6.45) is 1.79. The molecule has 1 aromatic heterocycles. The maximum Gasteiger partial charge on any atom is 0.335 e. The van der Waals surface area contributed by atoms with Crippen LogP contribution in [0.25, 0.3) is 0 Å². The van der Waals surface area contributed by atoms with Gasteiger partial charge in [0.2, 0.25) is 0 Å². The molecule has 4 nitrogen and oxygen atoms in total. The van der Waals surface area contributed by atoms with Gasteiger partial charge in [0.15, 0.2) is 0 Å². The van der Waals surface area contributed by atoms with Crippen LogP contribution in [-0.2, 0) is 6.42 Å². The predicted molar refractivity (Wildman–Crippen MR) is 83.9 cm³/mol. The average Bonchev–Trinajstić information content (AvgIpc) is 2.37. The number of hydrogen-bond acceptors (Lipinski definition) is 4. The van der Waals surface area contributed by atoms with Crippen LogP contribution in [0.1, 0.15) is 43.2 Å². The highest BCUT2D eigenvalue weighted by molar-refractivity contribution is 8.00. The number of pyridine rings is 1. The summed E-state index contributed by atoms with van der Waals surface area (Å²) < 4.78 is 0. The lowest BCUT2D eigenvalue weighted by molar-refractivity contribution is 0.0696. The molecular weight excluding hydrogens is 272 g/mol. The van der Waals surface area contributed by atoms with Gasteiger partial charge in [-0.1, -0.05) is 27.2 Å². The SMILES string of the molecule is CCCc1cc(C(=O)O)cc(N2CC(C)SC(C)C2)n1. The Morgan fingerprint density at radius 2 is 2.05 bits per heavy atom. The summed E-state index contributed by atoms with van der Waals surface area (Å²) in [5.41, 5.74) is 1.22. The van der Waals surface area contributed by atoms with E-state index >= 15 is 0 Å². The second kappa shape index (κ2) is 6.48. The van der Waals surface area contributed by atoms with Crippen molar-refractivity contribution in [1.29, 1.82) is 0 Å². The fraction of sp³-hybridized carbons (Fsp3) is 0.600. The predicted octanol–water partition coefficient (Wildman–Crippen LogP) is 3.06. The van der Waals surface area contributed by atoms with E-state index in [9.17, 15) is 9.90 Å². The fourth-order valence-electron chi connectivity index (χ4n) is 2.61. The summed E-state index contributed by atoms with van der Waals surface area (Å²) in [6, 6.07) is 3.40. The minimum atomic E-state index is -0.876. The van der Waals surface area contributed by atoms with Crippen LogP contribution < -0.4 is 4.90 Å². The van der Waals surface area contributed by atoms with Crippen LogP contribution >= 0.6 is 11.8 Å². The summed E-state index contributed by atoms with van der Waals surface area (Å²) in [4.78, 5) is 18.1. The Kier molecular flexibility index (Phi) is 4.91. The highest BCUT2D eigenvalue weighted by atomic mass is 32.2. The molecule has 1 saturated heterocycles. The Balaban J connectivity index is 2.31. The summed E-state index contributed by atoms with van der Waals surface area (Å²) in [6.45, 7) is 8.35. The number of hydrogen-bond donors (Lipinski definition) is 1. The molecule has 0 bridgehead atoms. The number of nitrogens with zero attached hydrogens (tertiary/aromatic N) is 2. The summed E-state index contributed by atoms with van der Waals surface area (Å²) in [7, 11) is 0. The van der Waals surface area contributed by atoms with E-state index in [1.165, 1.54) is 0 Å². The highest BCUT2D eigenvalue weighted by Gasteiger charge is 2.24.